The van der Waals surface area contributed by atoms with Crippen molar-refractivity contribution in [3.05, 3.63) is 27.7 Å². The van der Waals surface area contributed by atoms with Crippen molar-refractivity contribution in [2.75, 3.05) is 40.5 Å². The molecule has 0 bridgehead atoms. The minimum Gasteiger partial charge on any atom is -0.496 e. The Labute approximate surface area is 126 Å². The number of morpholine rings is 1. The SMILES string of the molecule is COC(=O)c1cc(OC)c(CN2CCOCC2)cc1Br. The minimum absolute atomic E-state index is 0.381. The van der Waals surface area contributed by atoms with Crippen LogP contribution in [0.1, 0.15) is 15.9 Å². The molecule has 20 heavy (non-hydrogen) atoms. The number of hydrogen-bond acceptors (Lipinski definition) is 5. The van der Waals surface area contributed by atoms with Gasteiger partial charge in [0.05, 0.1) is 33.0 Å². The summed E-state index contributed by atoms with van der Waals surface area (Å²) in [6.45, 7) is 4.08. The summed E-state index contributed by atoms with van der Waals surface area (Å²) in [6, 6.07) is 3.63. The topological polar surface area (TPSA) is 48.0 Å². The second kappa shape index (κ2) is 7.06. The lowest BCUT2D eigenvalue weighted by Crippen LogP contribution is -2.35. The summed E-state index contributed by atoms with van der Waals surface area (Å²) in [6.07, 6.45) is 0. The zero-order valence-corrected chi connectivity index (χ0v) is 13.2. The van der Waals surface area contributed by atoms with E-state index in [2.05, 4.69) is 20.8 Å². The predicted molar refractivity (Wildman–Crippen MR) is 78.1 cm³/mol. The maximum absolute atomic E-state index is 11.7. The summed E-state index contributed by atoms with van der Waals surface area (Å²) in [7, 11) is 2.97. The van der Waals surface area contributed by atoms with Crippen molar-refractivity contribution in [2.24, 2.45) is 0 Å². The first kappa shape index (κ1) is 15.3. The van der Waals surface area contributed by atoms with Crippen LogP contribution in [-0.2, 0) is 16.0 Å². The summed E-state index contributed by atoms with van der Waals surface area (Å²) in [5.74, 6) is 0.313. The van der Waals surface area contributed by atoms with Gasteiger partial charge in [0.25, 0.3) is 0 Å². The normalized spacial score (nSPS) is 15.9. The summed E-state index contributed by atoms with van der Waals surface area (Å²) < 4.78 is 16.2. The van der Waals surface area contributed by atoms with Gasteiger partial charge < -0.3 is 14.2 Å². The molecule has 1 fully saturated rings. The minimum atomic E-state index is -0.381. The van der Waals surface area contributed by atoms with Crippen molar-refractivity contribution in [3.8, 4) is 5.75 Å². The number of benzene rings is 1. The van der Waals surface area contributed by atoms with Crippen LogP contribution in [0.3, 0.4) is 0 Å². The van der Waals surface area contributed by atoms with Gasteiger partial charge in [0.15, 0.2) is 0 Å². The molecule has 1 aliphatic heterocycles. The highest BCUT2D eigenvalue weighted by Crippen LogP contribution is 2.29. The second-order valence-electron chi connectivity index (χ2n) is 4.52. The number of carbonyl (C=O) groups is 1. The molecule has 2 rings (SSSR count). The molecule has 110 valence electrons. The standard InChI is InChI=1S/C14H18BrNO4/c1-18-13-8-11(14(17)19-2)12(15)7-10(13)9-16-3-5-20-6-4-16/h7-8H,3-6,9H2,1-2H3. The Bertz CT molecular complexity index is 486. The molecule has 6 heteroatoms. The zero-order chi connectivity index (χ0) is 14.5. The molecule has 1 heterocycles. The van der Waals surface area contributed by atoms with E-state index in [0.29, 0.717) is 15.8 Å². The molecule has 1 aliphatic rings. The van der Waals surface area contributed by atoms with Gasteiger partial charge in [-0.05, 0) is 28.1 Å². The van der Waals surface area contributed by atoms with Crippen LogP contribution in [-0.4, -0.2) is 51.4 Å². The third kappa shape index (κ3) is 3.50. The number of rotatable bonds is 4. The average Bonchev–Trinajstić information content (AvgIpc) is 2.48. The quantitative estimate of drug-likeness (QED) is 0.783. The van der Waals surface area contributed by atoms with Gasteiger partial charge in [-0.15, -0.1) is 0 Å². The molecule has 1 aromatic carbocycles. The average molecular weight is 344 g/mol. The van der Waals surface area contributed by atoms with E-state index in [4.69, 9.17) is 14.2 Å². The van der Waals surface area contributed by atoms with E-state index in [0.717, 1.165) is 38.4 Å². The van der Waals surface area contributed by atoms with Crippen molar-refractivity contribution in [1.29, 1.82) is 0 Å². The Hall–Kier alpha value is -1.11. The number of carbonyl (C=O) groups excluding carboxylic acids is 1. The van der Waals surface area contributed by atoms with Crippen molar-refractivity contribution >= 4 is 21.9 Å². The molecular weight excluding hydrogens is 326 g/mol. The highest BCUT2D eigenvalue weighted by Gasteiger charge is 2.18. The Morgan fingerprint density at radius 2 is 2.05 bits per heavy atom. The monoisotopic (exact) mass is 343 g/mol. The van der Waals surface area contributed by atoms with Crippen LogP contribution in [0.4, 0.5) is 0 Å². The molecule has 0 saturated carbocycles. The molecular formula is C14H18BrNO4. The Kier molecular flexibility index (Phi) is 5.39. The van der Waals surface area contributed by atoms with Crippen LogP contribution in [0, 0.1) is 0 Å². The van der Waals surface area contributed by atoms with Gasteiger partial charge in [0, 0.05) is 29.7 Å². The van der Waals surface area contributed by atoms with Gasteiger partial charge in [-0.3, -0.25) is 4.90 Å². The van der Waals surface area contributed by atoms with Gasteiger partial charge in [-0.2, -0.15) is 0 Å². The van der Waals surface area contributed by atoms with Crippen molar-refractivity contribution in [3.63, 3.8) is 0 Å². The lowest BCUT2D eigenvalue weighted by atomic mass is 10.1. The van der Waals surface area contributed by atoms with Crippen LogP contribution in [0.15, 0.2) is 16.6 Å². The van der Waals surface area contributed by atoms with E-state index in [1.54, 1.807) is 13.2 Å². The lowest BCUT2D eigenvalue weighted by molar-refractivity contribution is 0.0338. The maximum Gasteiger partial charge on any atom is 0.339 e. The highest BCUT2D eigenvalue weighted by atomic mass is 79.9. The predicted octanol–water partition coefficient (Wildman–Crippen LogP) is 2.08. The second-order valence-corrected chi connectivity index (χ2v) is 5.38. The Morgan fingerprint density at radius 3 is 2.65 bits per heavy atom. The van der Waals surface area contributed by atoms with Gasteiger partial charge in [0.1, 0.15) is 5.75 Å². The number of esters is 1. The van der Waals surface area contributed by atoms with E-state index in [9.17, 15) is 4.79 Å². The smallest absolute Gasteiger partial charge is 0.339 e. The van der Waals surface area contributed by atoms with Crippen LogP contribution < -0.4 is 4.74 Å². The largest absolute Gasteiger partial charge is 0.496 e. The molecule has 0 aliphatic carbocycles. The summed E-state index contributed by atoms with van der Waals surface area (Å²) in [5, 5.41) is 0. The lowest BCUT2D eigenvalue weighted by Gasteiger charge is -2.27. The summed E-state index contributed by atoms with van der Waals surface area (Å²) in [4.78, 5) is 14.0. The fraction of sp³-hybridized carbons (Fsp3) is 0.500. The van der Waals surface area contributed by atoms with Gasteiger partial charge in [-0.25, -0.2) is 4.79 Å². The first-order valence-corrected chi connectivity index (χ1v) is 7.20. The van der Waals surface area contributed by atoms with E-state index < -0.39 is 0 Å². The van der Waals surface area contributed by atoms with E-state index in [1.807, 2.05) is 6.07 Å². The van der Waals surface area contributed by atoms with Crippen LogP contribution in [0.25, 0.3) is 0 Å². The molecule has 0 radical (unpaired) electrons. The number of ether oxygens (including phenoxy) is 3. The van der Waals surface area contributed by atoms with Crippen molar-refractivity contribution in [2.45, 2.75) is 6.54 Å². The highest BCUT2D eigenvalue weighted by molar-refractivity contribution is 9.10. The van der Waals surface area contributed by atoms with Gasteiger partial charge in [-0.1, -0.05) is 0 Å². The summed E-state index contributed by atoms with van der Waals surface area (Å²) >= 11 is 3.42. The van der Waals surface area contributed by atoms with Crippen LogP contribution in [0.2, 0.25) is 0 Å². The third-order valence-corrected chi connectivity index (χ3v) is 3.93. The Balaban J connectivity index is 2.23. The Morgan fingerprint density at radius 1 is 1.35 bits per heavy atom. The van der Waals surface area contributed by atoms with Crippen LogP contribution in [0.5, 0.6) is 5.75 Å². The van der Waals surface area contributed by atoms with E-state index in [1.165, 1.54) is 7.11 Å². The third-order valence-electron chi connectivity index (χ3n) is 3.27. The van der Waals surface area contributed by atoms with Gasteiger partial charge in [0.2, 0.25) is 0 Å². The fourth-order valence-corrected chi connectivity index (χ4v) is 2.73. The first-order valence-electron chi connectivity index (χ1n) is 6.40. The van der Waals surface area contributed by atoms with Crippen LogP contribution >= 0.6 is 15.9 Å². The number of halogens is 1. The van der Waals surface area contributed by atoms with Gasteiger partial charge >= 0.3 is 5.97 Å². The van der Waals surface area contributed by atoms with Crippen molar-refractivity contribution < 1.29 is 19.0 Å². The maximum atomic E-state index is 11.7. The zero-order valence-electron chi connectivity index (χ0n) is 11.6. The number of hydrogen-bond donors (Lipinski definition) is 0. The molecule has 0 atom stereocenters. The molecule has 1 saturated heterocycles. The van der Waals surface area contributed by atoms with E-state index in [-0.39, 0.29) is 5.97 Å². The molecule has 1 aromatic rings. The first-order chi connectivity index (χ1) is 9.65. The van der Waals surface area contributed by atoms with E-state index >= 15 is 0 Å². The molecule has 0 N–H and O–H groups in total. The molecule has 0 aromatic heterocycles. The fourth-order valence-electron chi connectivity index (χ4n) is 2.17. The van der Waals surface area contributed by atoms with Crippen molar-refractivity contribution in [1.82, 2.24) is 4.90 Å². The molecule has 5 nitrogen and oxygen atoms in total. The molecule has 0 unspecified atom stereocenters. The molecule has 0 amide bonds. The number of nitrogens with zero attached hydrogens (tertiary/aromatic N) is 1. The summed E-state index contributed by atoms with van der Waals surface area (Å²) in [5.41, 5.74) is 1.50. The molecule has 0 spiro atoms. The number of methoxy groups -OCH3 is 2.